The molecule has 1 aliphatic heterocycles. The smallest absolute Gasteiger partial charge is 0.351 e. The average Bonchev–Trinajstić information content (AvgIpc) is 2.91. The molecule has 0 aliphatic carbocycles. The third-order valence-electron chi connectivity index (χ3n) is 4.18. The van der Waals surface area contributed by atoms with Gasteiger partial charge in [-0.25, -0.2) is 9.59 Å². The average molecular weight is 412 g/mol. The van der Waals surface area contributed by atoms with Gasteiger partial charge < -0.3 is 25.4 Å². The van der Waals surface area contributed by atoms with Crippen LogP contribution in [0, 0.1) is 0 Å². The number of carbonyl (C=O) groups is 2. The molecule has 3 atom stereocenters. The van der Waals surface area contributed by atoms with Gasteiger partial charge in [0, 0.05) is 18.6 Å². The highest BCUT2D eigenvalue weighted by molar-refractivity contribution is 6.10. The molecule has 4 N–H and O–H groups in total. The first kappa shape index (κ1) is 20.4. The summed E-state index contributed by atoms with van der Waals surface area (Å²) in [5, 5.41) is 29.8. The molecule has 11 nitrogen and oxygen atoms in total. The van der Waals surface area contributed by atoms with Crippen molar-refractivity contribution in [2.45, 2.75) is 24.4 Å². The molecule has 1 fully saturated rings. The Hall–Kier alpha value is -3.29. The SMILES string of the molecule is O=C(O)c1ccncc1C(=O)Nc1ccn(C2OC(CO)C(O)C2(F)F)c(=O)n1. The van der Waals surface area contributed by atoms with Crippen LogP contribution in [0.4, 0.5) is 14.6 Å². The van der Waals surface area contributed by atoms with Gasteiger partial charge in [-0.2, -0.15) is 13.8 Å². The first-order valence-electron chi connectivity index (χ1n) is 8.07. The van der Waals surface area contributed by atoms with Crippen LogP contribution >= 0.6 is 0 Å². The van der Waals surface area contributed by atoms with E-state index in [1.807, 2.05) is 0 Å². The van der Waals surface area contributed by atoms with Crippen molar-refractivity contribution in [1.82, 2.24) is 14.5 Å². The van der Waals surface area contributed by atoms with Crippen LogP contribution in [-0.4, -0.2) is 66.5 Å². The van der Waals surface area contributed by atoms with Crippen LogP contribution in [0.5, 0.6) is 0 Å². The number of aromatic carboxylic acids is 1. The summed E-state index contributed by atoms with van der Waals surface area (Å²) in [6.07, 6.45) is -3.10. The second-order valence-corrected chi connectivity index (χ2v) is 6.01. The fourth-order valence-electron chi connectivity index (χ4n) is 2.72. The molecule has 2 aromatic rings. The second-order valence-electron chi connectivity index (χ2n) is 6.01. The highest BCUT2D eigenvalue weighted by Gasteiger charge is 2.59. The fourth-order valence-corrected chi connectivity index (χ4v) is 2.72. The Labute approximate surface area is 160 Å². The number of aliphatic hydroxyl groups excluding tert-OH is 2. The summed E-state index contributed by atoms with van der Waals surface area (Å²) >= 11 is 0. The van der Waals surface area contributed by atoms with Crippen molar-refractivity contribution in [3.8, 4) is 0 Å². The second kappa shape index (κ2) is 7.62. The van der Waals surface area contributed by atoms with Gasteiger partial charge in [0.1, 0.15) is 11.9 Å². The largest absolute Gasteiger partial charge is 0.478 e. The first-order chi connectivity index (χ1) is 13.7. The van der Waals surface area contributed by atoms with Crippen LogP contribution < -0.4 is 11.0 Å². The topological polar surface area (TPSA) is 164 Å². The number of hydrogen-bond donors (Lipinski definition) is 4. The molecular weight excluding hydrogens is 398 g/mol. The van der Waals surface area contributed by atoms with Gasteiger partial charge in [0.2, 0.25) is 6.23 Å². The lowest BCUT2D eigenvalue weighted by atomic mass is 10.1. The van der Waals surface area contributed by atoms with Crippen molar-refractivity contribution in [2.24, 2.45) is 0 Å². The minimum absolute atomic E-state index is 0.300. The molecule has 1 aliphatic rings. The number of aromatic nitrogens is 3. The molecule has 0 aromatic carbocycles. The highest BCUT2D eigenvalue weighted by atomic mass is 19.3. The van der Waals surface area contributed by atoms with E-state index < -0.39 is 48.5 Å². The van der Waals surface area contributed by atoms with Crippen molar-refractivity contribution >= 4 is 17.7 Å². The van der Waals surface area contributed by atoms with Crippen LogP contribution in [-0.2, 0) is 4.74 Å². The van der Waals surface area contributed by atoms with E-state index in [0.717, 1.165) is 24.5 Å². The molecule has 0 spiro atoms. The molecule has 1 amide bonds. The van der Waals surface area contributed by atoms with E-state index >= 15 is 0 Å². The molecule has 0 radical (unpaired) electrons. The number of nitrogens with zero attached hydrogens (tertiary/aromatic N) is 3. The zero-order chi connectivity index (χ0) is 21.3. The van der Waals surface area contributed by atoms with Crippen LogP contribution in [0.2, 0.25) is 0 Å². The van der Waals surface area contributed by atoms with Crippen molar-refractivity contribution in [3.05, 3.63) is 52.3 Å². The van der Waals surface area contributed by atoms with Gasteiger partial charge in [-0.05, 0) is 12.1 Å². The number of carboxylic acids is 1. The Morgan fingerprint density at radius 1 is 1.31 bits per heavy atom. The minimum atomic E-state index is -3.88. The molecule has 29 heavy (non-hydrogen) atoms. The maximum absolute atomic E-state index is 14.2. The van der Waals surface area contributed by atoms with E-state index in [9.17, 15) is 28.3 Å². The molecule has 3 heterocycles. The number of aliphatic hydroxyl groups is 2. The Kier molecular flexibility index (Phi) is 5.37. The molecule has 13 heteroatoms. The van der Waals surface area contributed by atoms with E-state index in [4.69, 9.17) is 14.9 Å². The summed E-state index contributed by atoms with van der Waals surface area (Å²) in [7, 11) is 0. The number of amides is 1. The number of hydrogen-bond acceptors (Lipinski definition) is 8. The predicted molar refractivity (Wildman–Crippen MR) is 89.6 cm³/mol. The lowest BCUT2D eigenvalue weighted by Gasteiger charge is -2.21. The van der Waals surface area contributed by atoms with Crippen molar-refractivity contribution < 1.29 is 38.4 Å². The summed E-state index contributed by atoms with van der Waals surface area (Å²) in [6, 6.07) is 2.11. The normalized spacial score (nSPS) is 23.0. The summed E-state index contributed by atoms with van der Waals surface area (Å²) in [5.41, 5.74) is -1.87. The summed E-state index contributed by atoms with van der Waals surface area (Å²) in [6.45, 7) is -0.888. The summed E-state index contributed by atoms with van der Waals surface area (Å²) in [5.74, 6) is -6.52. The van der Waals surface area contributed by atoms with E-state index in [0.29, 0.717) is 4.57 Å². The summed E-state index contributed by atoms with van der Waals surface area (Å²) in [4.78, 5) is 42.7. The first-order valence-corrected chi connectivity index (χ1v) is 8.07. The minimum Gasteiger partial charge on any atom is -0.478 e. The van der Waals surface area contributed by atoms with Crippen LogP contribution in [0.3, 0.4) is 0 Å². The zero-order valence-corrected chi connectivity index (χ0v) is 14.4. The third kappa shape index (κ3) is 3.70. The van der Waals surface area contributed by atoms with Gasteiger partial charge in [0.05, 0.1) is 17.7 Å². The van der Waals surface area contributed by atoms with Crippen molar-refractivity contribution in [2.75, 3.05) is 11.9 Å². The van der Waals surface area contributed by atoms with E-state index in [1.165, 1.54) is 6.20 Å². The number of halogens is 2. The fraction of sp³-hybridized carbons (Fsp3) is 0.312. The van der Waals surface area contributed by atoms with Crippen molar-refractivity contribution in [1.29, 1.82) is 0 Å². The lowest BCUT2D eigenvalue weighted by Crippen LogP contribution is -2.41. The lowest BCUT2D eigenvalue weighted by molar-refractivity contribution is -0.140. The number of rotatable bonds is 5. The number of carbonyl (C=O) groups excluding carboxylic acids is 1. The summed E-state index contributed by atoms with van der Waals surface area (Å²) < 4.78 is 33.6. The quantitative estimate of drug-likeness (QED) is 0.505. The molecule has 3 rings (SSSR count). The van der Waals surface area contributed by atoms with Gasteiger partial charge in [-0.1, -0.05) is 0 Å². The molecule has 1 saturated heterocycles. The molecule has 2 aromatic heterocycles. The number of pyridine rings is 1. The molecule has 0 bridgehead atoms. The molecule has 154 valence electrons. The number of ether oxygens (including phenoxy) is 1. The van der Waals surface area contributed by atoms with Crippen LogP contribution in [0.1, 0.15) is 26.9 Å². The standard InChI is InChI=1S/C16H14F2N4O7/c17-16(18)11(24)9(6-23)29-14(16)22-4-2-10(21-15(22)28)20-12(25)8-5-19-3-1-7(8)13(26)27/h1-5,9,11,14,23-24H,6H2,(H,26,27)(H,20,21,25,28). The monoisotopic (exact) mass is 412 g/mol. The maximum Gasteiger partial charge on any atom is 0.351 e. The van der Waals surface area contributed by atoms with Crippen LogP contribution in [0.25, 0.3) is 0 Å². The number of alkyl halides is 2. The Balaban J connectivity index is 1.85. The highest BCUT2D eigenvalue weighted by Crippen LogP contribution is 2.41. The Morgan fingerprint density at radius 3 is 2.62 bits per heavy atom. The third-order valence-corrected chi connectivity index (χ3v) is 4.18. The van der Waals surface area contributed by atoms with E-state index in [-0.39, 0.29) is 16.9 Å². The Bertz CT molecular complexity index is 1010. The zero-order valence-electron chi connectivity index (χ0n) is 14.4. The number of nitrogens with one attached hydrogen (secondary N) is 1. The van der Waals surface area contributed by atoms with E-state index in [1.54, 1.807) is 0 Å². The van der Waals surface area contributed by atoms with Gasteiger partial charge >= 0.3 is 17.6 Å². The molecule has 3 unspecified atom stereocenters. The molecular formula is C16H14F2N4O7. The predicted octanol–water partition coefficient (Wildman–Crippen LogP) is -0.525. The van der Waals surface area contributed by atoms with Gasteiger partial charge in [-0.15, -0.1) is 0 Å². The number of anilines is 1. The maximum atomic E-state index is 14.2. The van der Waals surface area contributed by atoms with Crippen molar-refractivity contribution in [3.63, 3.8) is 0 Å². The van der Waals surface area contributed by atoms with Gasteiger partial charge in [0.15, 0.2) is 6.10 Å². The van der Waals surface area contributed by atoms with Gasteiger partial charge in [-0.3, -0.25) is 14.3 Å². The number of carboxylic acid groups (broad SMARTS) is 1. The van der Waals surface area contributed by atoms with Crippen LogP contribution in [0.15, 0.2) is 35.5 Å². The molecule has 0 saturated carbocycles. The van der Waals surface area contributed by atoms with Gasteiger partial charge in [0.25, 0.3) is 5.91 Å². The van der Waals surface area contributed by atoms with E-state index in [2.05, 4.69) is 15.3 Å². The Morgan fingerprint density at radius 2 is 2.03 bits per heavy atom.